The molecule has 0 unspecified atom stereocenters. The average molecular weight is 352 g/mol. The molecule has 0 bridgehead atoms. The molecule has 132 valence electrons. The van der Waals surface area contributed by atoms with Crippen LogP contribution < -0.4 is 10.2 Å². The Morgan fingerprint density at radius 3 is 2.65 bits per heavy atom. The second kappa shape index (κ2) is 6.29. The summed E-state index contributed by atoms with van der Waals surface area (Å²) in [6.07, 6.45) is 2.71. The van der Waals surface area contributed by atoms with Crippen molar-refractivity contribution in [1.29, 1.82) is 0 Å². The van der Waals surface area contributed by atoms with Crippen molar-refractivity contribution in [2.24, 2.45) is 0 Å². The maximum atomic E-state index is 13.4. The van der Waals surface area contributed by atoms with Crippen LogP contribution in [0.4, 0.5) is 10.1 Å². The van der Waals surface area contributed by atoms with Gasteiger partial charge in [-0.15, -0.1) is 0 Å². The molecule has 2 aromatic carbocycles. The molecule has 5 nitrogen and oxygen atoms in total. The van der Waals surface area contributed by atoms with E-state index in [1.165, 1.54) is 18.4 Å². The highest BCUT2D eigenvalue weighted by Gasteiger charge is 2.26. The number of nitrogens with one attached hydrogen (secondary N) is 1. The largest absolute Gasteiger partial charge is 0.463 e. The van der Waals surface area contributed by atoms with Gasteiger partial charge in [-0.2, -0.15) is 0 Å². The van der Waals surface area contributed by atoms with Crippen molar-refractivity contribution >= 4 is 28.5 Å². The van der Waals surface area contributed by atoms with E-state index in [1.54, 1.807) is 30.1 Å². The highest BCUT2D eigenvalue weighted by molar-refractivity contribution is 6.09. The zero-order valence-corrected chi connectivity index (χ0v) is 14.2. The minimum absolute atomic E-state index is 0.0470. The number of furan rings is 1. The topological polar surface area (TPSA) is 62.6 Å². The fourth-order valence-electron chi connectivity index (χ4n) is 3.36. The van der Waals surface area contributed by atoms with Gasteiger partial charge in [0.2, 0.25) is 5.91 Å². The summed E-state index contributed by atoms with van der Waals surface area (Å²) in [6.45, 7) is 0.627. The van der Waals surface area contributed by atoms with Gasteiger partial charge in [-0.25, -0.2) is 4.39 Å². The molecular formula is C20H17FN2O3. The Hall–Kier alpha value is -3.15. The molecule has 1 aliphatic heterocycles. The van der Waals surface area contributed by atoms with E-state index in [2.05, 4.69) is 5.32 Å². The van der Waals surface area contributed by atoms with Crippen LogP contribution in [0.3, 0.4) is 0 Å². The summed E-state index contributed by atoms with van der Waals surface area (Å²) < 4.78 is 18.9. The molecule has 0 spiro atoms. The molecule has 1 aliphatic rings. The Bertz CT molecular complexity index is 1010. The van der Waals surface area contributed by atoms with E-state index >= 15 is 0 Å². The van der Waals surface area contributed by atoms with Crippen LogP contribution in [0.1, 0.15) is 23.2 Å². The minimum Gasteiger partial charge on any atom is -0.463 e. The number of amides is 2. The number of hydrogen-bond donors (Lipinski definition) is 1. The second-order valence-electron chi connectivity index (χ2n) is 6.25. The van der Waals surface area contributed by atoms with Crippen molar-refractivity contribution < 1.29 is 18.4 Å². The first-order valence-electron chi connectivity index (χ1n) is 8.42. The first kappa shape index (κ1) is 16.3. The summed E-state index contributed by atoms with van der Waals surface area (Å²) in [5.74, 6) is -0.535. The molecular weight excluding hydrogens is 335 g/mol. The van der Waals surface area contributed by atoms with Gasteiger partial charge in [0.25, 0.3) is 5.91 Å². The fourth-order valence-corrected chi connectivity index (χ4v) is 3.36. The highest BCUT2D eigenvalue weighted by atomic mass is 19.1. The van der Waals surface area contributed by atoms with Crippen LogP contribution in [0.5, 0.6) is 0 Å². The second-order valence-corrected chi connectivity index (χ2v) is 6.25. The van der Waals surface area contributed by atoms with Crippen LogP contribution >= 0.6 is 0 Å². The van der Waals surface area contributed by atoms with Crippen molar-refractivity contribution in [2.75, 3.05) is 18.5 Å². The van der Waals surface area contributed by atoms with Gasteiger partial charge in [-0.1, -0.05) is 12.1 Å². The van der Waals surface area contributed by atoms with Crippen molar-refractivity contribution in [3.05, 3.63) is 54.0 Å². The molecule has 0 aliphatic carbocycles. The number of anilines is 1. The van der Waals surface area contributed by atoms with Gasteiger partial charge < -0.3 is 14.6 Å². The maximum absolute atomic E-state index is 13.4. The molecule has 0 atom stereocenters. The standard InChI is InChI=1S/C20H17FN2O3/c1-22-20(25)16-11-26-18-10-17(23-8-2-3-19(23)24)14(9-15(16)18)12-4-6-13(21)7-5-12/h4-7,9-11H,2-3,8H2,1H3,(H,22,25). The molecule has 1 aromatic heterocycles. The van der Waals surface area contributed by atoms with E-state index in [1.807, 2.05) is 6.07 Å². The van der Waals surface area contributed by atoms with E-state index in [0.29, 0.717) is 35.2 Å². The van der Waals surface area contributed by atoms with Crippen LogP contribution in [-0.4, -0.2) is 25.4 Å². The van der Waals surface area contributed by atoms with E-state index < -0.39 is 0 Å². The minimum atomic E-state index is -0.331. The summed E-state index contributed by atoms with van der Waals surface area (Å²) >= 11 is 0. The number of benzene rings is 2. The van der Waals surface area contributed by atoms with E-state index in [-0.39, 0.29) is 17.6 Å². The predicted molar refractivity (Wildman–Crippen MR) is 96.6 cm³/mol. The lowest BCUT2D eigenvalue weighted by Crippen LogP contribution is -2.24. The summed E-state index contributed by atoms with van der Waals surface area (Å²) in [5, 5.41) is 3.24. The van der Waals surface area contributed by atoms with Crippen LogP contribution in [0.15, 0.2) is 47.1 Å². The Kier molecular flexibility index (Phi) is 3.95. The smallest absolute Gasteiger partial charge is 0.254 e. The Balaban J connectivity index is 1.96. The van der Waals surface area contributed by atoms with Crippen molar-refractivity contribution in [2.45, 2.75) is 12.8 Å². The molecule has 1 saturated heterocycles. The number of carbonyl (C=O) groups excluding carboxylic acids is 2. The molecule has 1 N–H and O–H groups in total. The zero-order chi connectivity index (χ0) is 18.3. The van der Waals surface area contributed by atoms with E-state index in [9.17, 15) is 14.0 Å². The zero-order valence-electron chi connectivity index (χ0n) is 14.2. The van der Waals surface area contributed by atoms with Gasteiger partial charge in [-0.05, 0) is 30.2 Å². The third-order valence-electron chi connectivity index (χ3n) is 4.68. The lowest BCUT2D eigenvalue weighted by atomic mass is 9.99. The van der Waals surface area contributed by atoms with Gasteiger partial charge in [0.05, 0.1) is 11.3 Å². The maximum Gasteiger partial charge on any atom is 0.254 e. The van der Waals surface area contributed by atoms with Gasteiger partial charge in [0.15, 0.2) is 0 Å². The molecule has 1 fully saturated rings. The number of fused-ring (bicyclic) bond motifs is 1. The first-order valence-corrected chi connectivity index (χ1v) is 8.42. The summed E-state index contributed by atoms with van der Waals surface area (Å²) in [4.78, 5) is 26.1. The quantitative estimate of drug-likeness (QED) is 0.781. The Morgan fingerprint density at radius 2 is 2.00 bits per heavy atom. The molecule has 4 rings (SSSR count). The fraction of sp³-hybridized carbons (Fsp3) is 0.200. The lowest BCUT2D eigenvalue weighted by Gasteiger charge is -2.20. The van der Waals surface area contributed by atoms with Crippen LogP contribution in [0.25, 0.3) is 22.1 Å². The van der Waals surface area contributed by atoms with Crippen molar-refractivity contribution in [1.82, 2.24) is 5.32 Å². The Morgan fingerprint density at radius 1 is 1.23 bits per heavy atom. The van der Waals surface area contributed by atoms with Gasteiger partial charge >= 0.3 is 0 Å². The van der Waals surface area contributed by atoms with Crippen LogP contribution in [0, 0.1) is 5.82 Å². The molecule has 0 radical (unpaired) electrons. The number of hydrogen-bond acceptors (Lipinski definition) is 3. The molecule has 0 saturated carbocycles. The normalized spacial score (nSPS) is 14.2. The summed E-state index contributed by atoms with van der Waals surface area (Å²) in [6, 6.07) is 9.70. The average Bonchev–Trinajstić information content (AvgIpc) is 3.26. The number of carbonyl (C=O) groups is 2. The number of halogens is 1. The lowest BCUT2D eigenvalue weighted by molar-refractivity contribution is -0.117. The SMILES string of the molecule is CNC(=O)c1coc2cc(N3CCCC3=O)c(-c3ccc(F)cc3)cc12. The van der Waals surface area contributed by atoms with Gasteiger partial charge in [0.1, 0.15) is 17.7 Å². The molecule has 26 heavy (non-hydrogen) atoms. The van der Waals surface area contributed by atoms with Crippen molar-refractivity contribution in [3.63, 3.8) is 0 Å². The molecule has 6 heteroatoms. The number of rotatable bonds is 3. The summed E-state index contributed by atoms with van der Waals surface area (Å²) in [5.41, 5.74) is 3.20. The molecule has 2 heterocycles. The third-order valence-corrected chi connectivity index (χ3v) is 4.68. The number of nitrogens with zero attached hydrogens (tertiary/aromatic N) is 1. The molecule has 2 amide bonds. The highest BCUT2D eigenvalue weighted by Crippen LogP contribution is 2.38. The van der Waals surface area contributed by atoms with Crippen LogP contribution in [0.2, 0.25) is 0 Å². The Labute approximate surface area is 149 Å². The van der Waals surface area contributed by atoms with E-state index in [0.717, 1.165) is 17.5 Å². The van der Waals surface area contributed by atoms with Crippen molar-refractivity contribution in [3.8, 4) is 11.1 Å². The third kappa shape index (κ3) is 2.63. The van der Waals surface area contributed by atoms with Gasteiger partial charge in [-0.3, -0.25) is 9.59 Å². The summed E-state index contributed by atoms with van der Waals surface area (Å²) in [7, 11) is 1.55. The van der Waals surface area contributed by atoms with E-state index in [4.69, 9.17) is 4.42 Å². The van der Waals surface area contributed by atoms with Gasteiger partial charge in [0, 0.05) is 37.0 Å². The first-order chi connectivity index (χ1) is 12.6. The monoisotopic (exact) mass is 352 g/mol. The molecule has 3 aromatic rings. The van der Waals surface area contributed by atoms with Crippen LogP contribution in [-0.2, 0) is 4.79 Å². The predicted octanol–water partition coefficient (Wildman–Crippen LogP) is 3.73.